The molecule has 2 rings (SSSR count). The zero-order valence-corrected chi connectivity index (χ0v) is 8.40. The van der Waals surface area contributed by atoms with Crippen molar-refractivity contribution in [2.75, 3.05) is 0 Å². The third kappa shape index (κ3) is 1.58. The molecule has 2 aromatic rings. The highest BCUT2D eigenvalue weighted by molar-refractivity contribution is 5.87. The highest BCUT2D eigenvalue weighted by Crippen LogP contribution is 2.25. The van der Waals surface area contributed by atoms with Crippen molar-refractivity contribution in [1.82, 2.24) is 10.2 Å². The molecule has 0 radical (unpaired) electrons. The van der Waals surface area contributed by atoms with Gasteiger partial charge >= 0.3 is 5.97 Å². The molecular weight excluding hydrogens is 192 g/mol. The number of nitrogens with one attached hydrogen (secondary N) is 1. The first-order chi connectivity index (χ1) is 7.24. The second kappa shape index (κ2) is 3.73. The number of carbonyl (C=O) groups is 1. The van der Waals surface area contributed by atoms with Crippen LogP contribution in [0, 0.1) is 0 Å². The number of hydrogen-bond acceptors (Lipinski definition) is 2. The van der Waals surface area contributed by atoms with Gasteiger partial charge in [-0.05, 0) is 12.5 Å². The zero-order valence-electron chi connectivity index (χ0n) is 8.40. The number of benzene rings is 1. The number of hydrogen-bond donors (Lipinski definition) is 2. The van der Waals surface area contributed by atoms with E-state index in [4.69, 9.17) is 5.11 Å². The van der Waals surface area contributed by atoms with Gasteiger partial charge in [-0.3, -0.25) is 9.89 Å². The molecule has 4 nitrogen and oxygen atoms in total. The second-order valence-electron chi connectivity index (χ2n) is 3.45. The van der Waals surface area contributed by atoms with Crippen LogP contribution in [0.4, 0.5) is 0 Å². The molecule has 0 spiro atoms. The first kappa shape index (κ1) is 9.71. The molecule has 0 saturated carbocycles. The molecular formula is C11H12N2O2. The Labute approximate surface area is 86.9 Å². The minimum Gasteiger partial charge on any atom is -0.481 e. The molecule has 0 bridgehead atoms. The molecule has 1 aromatic heterocycles. The van der Waals surface area contributed by atoms with E-state index in [-0.39, 0.29) is 0 Å². The van der Waals surface area contributed by atoms with Gasteiger partial charge in [-0.15, -0.1) is 0 Å². The van der Waals surface area contributed by atoms with E-state index in [2.05, 4.69) is 10.2 Å². The summed E-state index contributed by atoms with van der Waals surface area (Å²) < 4.78 is 0. The maximum atomic E-state index is 11.0. The molecule has 0 fully saturated rings. The summed E-state index contributed by atoms with van der Waals surface area (Å²) in [6.07, 6.45) is 0.546. The molecule has 0 aliphatic rings. The van der Waals surface area contributed by atoms with Gasteiger partial charge < -0.3 is 5.11 Å². The Kier molecular flexibility index (Phi) is 2.41. The lowest BCUT2D eigenvalue weighted by Crippen LogP contribution is -2.11. The van der Waals surface area contributed by atoms with Crippen LogP contribution in [0.1, 0.15) is 25.0 Å². The fourth-order valence-corrected chi connectivity index (χ4v) is 1.74. The van der Waals surface area contributed by atoms with Crippen LogP contribution in [0.3, 0.4) is 0 Å². The third-order valence-electron chi connectivity index (χ3n) is 2.54. The summed E-state index contributed by atoms with van der Waals surface area (Å²) in [4.78, 5) is 11.0. The van der Waals surface area contributed by atoms with Crippen LogP contribution < -0.4 is 0 Å². The lowest BCUT2D eigenvalue weighted by Gasteiger charge is -2.05. The van der Waals surface area contributed by atoms with Gasteiger partial charge in [-0.2, -0.15) is 5.10 Å². The molecule has 1 unspecified atom stereocenters. The van der Waals surface area contributed by atoms with Gasteiger partial charge in [0.25, 0.3) is 0 Å². The largest absolute Gasteiger partial charge is 0.481 e. The fourth-order valence-electron chi connectivity index (χ4n) is 1.74. The number of aliphatic carboxylic acids is 1. The average molecular weight is 204 g/mol. The molecule has 0 amide bonds. The quantitative estimate of drug-likeness (QED) is 0.804. The van der Waals surface area contributed by atoms with Gasteiger partial charge in [-0.25, -0.2) is 0 Å². The van der Waals surface area contributed by atoms with Gasteiger partial charge in [0.1, 0.15) is 5.92 Å². The molecule has 1 heterocycles. The van der Waals surface area contributed by atoms with Crippen molar-refractivity contribution in [3.8, 4) is 0 Å². The van der Waals surface area contributed by atoms with Gasteiger partial charge in [0.05, 0.1) is 11.2 Å². The predicted molar refractivity (Wildman–Crippen MR) is 56.8 cm³/mol. The van der Waals surface area contributed by atoms with Crippen LogP contribution >= 0.6 is 0 Å². The van der Waals surface area contributed by atoms with Crippen molar-refractivity contribution < 1.29 is 9.90 Å². The Morgan fingerprint density at radius 2 is 2.27 bits per heavy atom. The number of aromatic amines is 1. The van der Waals surface area contributed by atoms with Crippen LogP contribution in [0.2, 0.25) is 0 Å². The highest BCUT2D eigenvalue weighted by atomic mass is 16.4. The maximum absolute atomic E-state index is 11.0. The van der Waals surface area contributed by atoms with E-state index >= 15 is 0 Å². The molecule has 1 atom stereocenters. The molecule has 2 N–H and O–H groups in total. The zero-order chi connectivity index (χ0) is 10.8. The normalized spacial score (nSPS) is 12.9. The number of fused-ring (bicyclic) bond motifs is 1. The van der Waals surface area contributed by atoms with Gasteiger partial charge in [0.15, 0.2) is 0 Å². The van der Waals surface area contributed by atoms with E-state index in [0.717, 1.165) is 10.9 Å². The first-order valence-corrected chi connectivity index (χ1v) is 4.90. The Bertz CT molecular complexity index is 490. The lowest BCUT2D eigenvalue weighted by molar-refractivity contribution is -0.138. The van der Waals surface area contributed by atoms with E-state index in [1.807, 2.05) is 31.2 Å². The van der Waals surface area contributed by atoms with Gasteiger partial charge in [-0.1, -0.05) is 25.1 Å². The number of para-hydroxylation sites is 1. The summed E-state index contributed by atoms with van der Waals surface area (Å²) >= 11 is 0. The Morgan fingerprint density at radius 3 is 2.93 bits per heavy atom. The summed E-state index contributed by atoms with van der Waals surface area (Å²) in [7, 11) is 0. The van der Waals surface area contributed by atoms with Crippen molar-refractivity contribution in [3.63, 3.8) is 0 Å². The van der Waals surface area contributed by atoms with Crippen molar-refractivity contribution in [3.05, 3.63) is 30.0 Å². The lowest BCUT2D eigenvalue weighted by atomic mass is 10.00. The van der Waals surface area contributed by atoms with Crippen LogP contribution in [0.15, 0.2) is 24.3 Å². The molecule has 15 heavy (non-hydrogen) atoms. The first-order valence-electron chi connectivity index (χ1n) is 4.90. The topological polar surface area (TPSA) is 66.0 Å². The van der Waals surface area contributed by atoms with Crippen molar-refractivity contribution in [2.24, 2.45) is 0 Å². The minimum absolute atomic E-state index is 0.527. The third-order valence-corrected chi connectivity index (χ3v) is 2.54. The summed E-state index contributed by atoms with van der Waals surface area (Å²) in [5, 5.41) is 16.9. The van der Waals surface area contributed by atoms with E-state index in [1.54, 1.807) is 0 Å². The summed E-state index contributed by atoms with van der Waals surface area (Å²) in [6, 6.07) is 7.56. The van der Waals surface area contributed by atoms with E-state index < -0.39 is 11.9 Å². The molecule has 78 valence electrons. The Balaban J connectivity index is 2.55. The Morgan fingerprint density at radius 1 is 1.53 bits per heavy atom. The molecule has 0 aliphatic carbocycles. The maximum Gasteiger partial charge on any atom is 0.312 e. The molecule has 0 aliphatic heterocycles. The van der Waals surface area contributed by atoms with E-state index in [1.165, 1.54) is 0 Å². The van der Waals surface area contributed by atoms with Crippen LogP contribution in [-0.4, -0.2) is 21.3 Å². The van der Waals surface area contributed by atoms with Crippen molar-refractivity contribution >= 4 is 16.9 Å². The summed E-state index contributed by atoms with van der Waals surface area (Å²) in [5.41, 5.74) is 1.51. The fraction of sp³-hybridized carbons (Fsp3) is 0.273. The van der Waals surface area contributed by atoms with Crippen molar-refractivity contribution in [1.29, 1.82) is 0 Å². The SMILES string of the molecule is CCC(C(=O)O)c1n[nH]c2ccccc12. The predicted octanol–water partition coefficient (Wildman–Crippen LogP) is 2.14. The van der Waals surface area contributed by atoms with Gasteiger partial charge in [0.2, 0.25) is 0 Å². The molecule has 4 heteroatoms. The number of nitrogens with zero attached hydrogens (tertiary/aromatic N) is 1. The average Bonchev–Trinajstić information content (AvgIpc) is 2.63. The van der Waals surface area contributed by atoms with E-state index in [9.17, 15) is 4.79 Å². The molecule has 1 aromatic carbocycles. The molecule has 0 saturated heterocycles. The van der Waals surface area contributed by atoms with Gasteiger partial charge in [0, 0.05) is 5.39 Å². The van der Waals surface area contributed by atoms with Crippen LogP contribution in [0.25, 0.3) is 10.9 Å². The number of aromatic nitrogens is 2. The highest BCUT2D eigenvalue weighted by Gasteiger charge is 2.22. The van der Waals surface area contributed by atoms with Crippen molar-refractivity contribution in [2.45, 2.75) is 19.3 Å². The van der Waals surface area contributed by atoms with E-state index in [0.29, 0.717) is 12.1 Å². The standard InChI is InChI=1S/C11H12N2O2/c1-2-7(11(14)15)10-8-5-3-4-6-9(8)12-13-10/h3-7H,2H2,1H3,(H,12,13)(H,14,15). The summed E-state index contributed by atoms with van der Waals surface area (Å²) in [6.45, 7) is 1.85. The number of carboxylic acid groups (broad SMARTS) is 1. The summed E-state index contributed by atoms with van der Waals surface area (Å²) in [5.74, 6) is -1.35. The minimum atomic E-state index is -0.824. The van der Waals surface area contributed by atoms with Crippen LogP contribution in [-0.2, 0) is 4.79 Å². The Hall–Kier alpha value is -1.84. The number of carboxylic acids is 1. The number of H-pyrrole nitrogens is 1. The second-order valence-corrected chi connectivity index (χ2v) is 3.45. The monoisotopic (exact) mass is 204 g/mol. The smallest absolute Gasteiger partial charge is 0.312 e. The number of rotatable bonds is 3. The van der Waals surface area contributed by atoms with Crippen LogP contribution in [0.5, 0.6) is 0 Å².